The molecule has 0 aliphatic carbocycles. The molecule has 1 aromatic heterocycles. The molecule has 1 N–H and O–H groups in total. The van der Waals surface area contributed by atoms with Crippen LogP contribution in [0.25, 0.3) is 0 Å². The Morgan fingerprint density at radius 2 is 1.96 bits per heavy atom. The third-order valence-electron chi connectivity index (χ3n) is 4.06. The predicted octanol–water partition coefficient (Wildman–Crippen LogP) is 2.29. The van der Waals surface area contributed by atoms with E-state index < -0.39 is 6.04 Å². The third kappa shape index (κ3) is 2.46. The van der Waals surface area contributed by atoms with E-state index in [1.807, 2.05) is 30.3 Å². The van der Waals surface area contributed by atoms with Crippen LogP contribution in [0.15, 0.2) is 59.9 Å². The number of Topliss-reactive ketones (excluding diaryl/α,β-unsaturated/α-hetero) is 1. The first kappa shape index (κ1) is 15.1. The Labute approximate surface area is 143 Å². The normalized spacial score (nSPS) is 16.3. The van der Waals surface area contributed by atoms with Crippen molar-refractivity contribution in [2.45, 2.75) is 6.04 Å². The van der Waals surface area contributed by atoms with Gasteiger partial charge in [-0.3, -0.25) is 4.79 Å². The molecule has 3 aromatic rings. The Morgan fingerprint density at radius 3 is 2.72 bits per heavy atom. The molecule has 4 rings (SSSR count). The van der Waals surface area contributed by atoms with E-state index in [9.17, 15) is 9.90 Å². The summed E-state index contributed by atoms with van der Waals surface area (Å²) in [6.45, 7) is 0. The average Bonchev–Trinajstić information content (AvgIpc) is 3.11. The maximum absolute atomic E-state index is 13.1. The van der Waals surface area contributed by atoms with Crippen LogP contribution < -0.4 is 4.74 Å². The van der Waals surface area contributed by atoms with Crippen molar-refractivity contribution in [3.8, 4) is 11.5 Å². The van der Waals surface area contributed by atoms with Gasteiger partial charge in [-0.25, -0.2) is 9.67 Å². The zero-order valence-corrected chi connectivity index (χ0v) is 13.3. The van der Waals surface area contributed by atoms with Crippen molar-refractivity contribution in [2.75, 3.05) is 7.11 Å². The lowest BCUT2D eigenvalue weighted by molar-refractivity contribution is -0.115. The van der Waals surface area contributed by atoms with Crippen LogP contribution in [0, 0.1) is 0 Å². The number of fused-ring (bicyclic) bond motifs is 1. The van der Waals surface area contributed by atoms with Crippen LogP contribution in [0.4, 0.5) is 5.95 Å². The Morgan fingerprint density at radius 1 is 1.16 bits per heavy atom. The molecule has 1 aliphatic heterocycles. The molecule has 0 saturated carbocycles. The molecule has 0 spiro atoms. The quantitative estimate of drug-likeness (QED) is 0.794. The molecule has 0 amide bonds. The smallest absolute Gasteiger partial charge is 0.249 e. The summed E-state index contributed by atoms with van der Waals surface area (Å²) in [5, 5.41) is 14.0. The molecule has 7 nitrogen and oxygen atoms in total. The van der Waals surface area contributed by atoms with Gasteiger partial charge < -0.3 is 9.84 Å². The van der Waals surface area contributed by atoms with Gasteiger partial charge in [-0.1, -0.05) is 36.4 Å². The van der Waals surface area contributed by atoms with Crippen molar-refractivity contribution in [3.63, 3.8) is 0 Å². The largest absolute Gasteiger partial charge is 0.504 e. The molecular weight excluding hydrogens is 320 g/mol. The van der Waals surface area contributed by atoms with Crippen molar-refractivity contribution in [1.82, 2.24) is 14.8 Å². The van der Waals surface area contributed by atoms with Crippen molar-refractivity contribution in [3.05, 3.63) is 66.0 Å². The van der Waals surface area contributed by atoms with Gasteiger partial charge in [0.1, 0.15) is 18.1 Å². The summed E-state index contributed by atoms with van der Waals surface area (Å²) in [5.41, 5.74) is 1.69. The van der Waals surface area contributed by atoms with Gasteiger partial charge in [0, 0.05) is 5.56 Å². The number of hydrogen-bond acceptors (Lipinski definition) is 6. The lowest BCUT2D eigenvalue weighted by atomic mass is 9.94. The first-order chi connectivity index (χ1) is 12.2. The van der Waals surface area contributed by atoms with Crippen LogP contribution in [0.2, 0.25) is 0 Å². The minimum atomic E-state index is -0.722. The standard InChI is InChI=1S/C18H14N4O3/c1-25-14-9-12(7-8-13(14)23)16-17(24)15(11-5-3-2-4-6-11)21-18-19-10-20-22(16)18/h2-10,16,23H,1H3. The fourth-order valence-corrected chi connectivity index (χ4v) is 2.86. The first-order valence-electron chi connectivity index (χ1n) is 7.64. The Hall–Kier alpha value is -3.48. The number of rotatable bonds is 3. The van der Waals surface area contributed by atoms with Crippen LogP contribution in [0.1, 0.15) is 17.2 Å². The van der Waals surface area contributed by atoms with E-state index in [-0.39, 0.29) is 17.3 Å². The molecule has 2 heterocycles. The number of phenolic OH excluding ortho intramolecular Hbond substituents is 1. The molecular formula is C18H14N4O3. The number of carbonyl (C=O) groups is 1. The summed E-state index contributed by atoms with van der Waals surface area (Å²) in [5.74, 6) is 0.452. The van der Waals surface area contributed by atoms with Gasteiger partial charge in [0.15, 0.2) is 11.5 Å². The number of nitrogens with zero attached hydrogens (tertiary/aromatic N) is 4. The van der Waals surface area contributed by atoms with Gasteiger partial charge >= 0.3 is 0 Å². The molecule has 0 bridgehead atoms. The van der Waals surface area contributed by atoms with Crippen LogP contribution >= 0.6 is 0 Å². The molecule has 7 heteroatoms. The van der Waals surface area contributed by atoms with E-state index in [1.54, 1.807) is 12.1 Å². The topological polar surface area (TPSA) is 89.6 Å². The Balaban J connectivity index is 1.87. The number of ketones is 1. The highest BCUT2D eigenvalue weighted by molar-refractivity contribution is 6.48. The molecule has 1 unspecified atom stereocenters. The predicted molar refractivity (Wildman–Crippen MR) is 90.5 cm³/mol. The minimum absolute atomic E-state index is 0.00488. The number of phenols is 1. The highest BCUT2D eigenvalue weighted by atomic mass is 16.5. The number of carbonyl (C=O) groups excluding carboxylic acids is 1. The number of aromatic hydroxyl groups is 1. The monoisotopic (exact) mass is 334 g/mol. The molecule has 0 radical (unpaired) electrons. The van der Waals surface area contributed by atoms with E-state index in [4.69, 9.17) is 4.74 Å². The van der Waals surface area contributed by atoms with Crippen LogP contribution in [-0.4, -0.2) is 38.5 Å². The molecule has 0 saturated heterocycles. The summed E-state index contributed by atoms with van der Waals surface area (Å²) in [7, 11) is 1.46. The zero-order valence-electron chi connectivity index (χ0n) is 13.3. The molecule has 25 heavy (non-hydrogen) atoms. The molecule has 1 atom stereocenters. The van der Waals surface area contributed by atoms with Gasteiger partial charge in [0.25, 0.3) is 0 Å². The zero-order chi connectivity index (χ0) is 17.4. The minimum Gasteiger partial charge on any atom is -0.504 e. The lowest BCUT2D eigenvalue weighted by Crippen LogP contribution is -2.32. The highest BCUT2D eigenvalue weighted by Gasteiger charge is 2.34. The van der Waals surface area contributed by atoms with Gasteiger partial charge in [-0.05, 0) is 17.7 Å². The number of benzene rings is 2. The molecule has 0 fully saturated rings. The van der Waals surface area contributed by atoms with Gasteiger partial charge in [0.05, 0.1) is 7.11 Å². The summed E-state index contributed by atoms with van der Waals surface area (Å²) >= 11 is 0. The number of hydrogen-bond donors (Lipinski definition) is 1. The first-order valence-corrected chi connectivity index (χ1v) is 7.64. The van der Waals surface area contributed by atoms with E-state index >= 15 is 0 Å². The van der Waals surface area contributed by atoms with Crippen LogP contribution in [-0.2, 0) is 4.79 Å². The summed E-state index contributed by atoms with van der Waals surface area (Å²) in [4.78, 5) is 21.7. The maximum atomic E-state index is 13.1. The second-order valence-corrected chi connectivity index (χ2v) is 5.53. The SMILES string of the molecule is COc1cc(C2C(=O)C(c3ccccc3)=Nc3ncnn32)ccc1O. The highest BCUT2D eigenvalue weighted by Crippen LogP contribution is 2.34. The van der Waals surface area contributed by atoms with Crippen molar-refractivity contribution >= 4 is 17.4 Å². The van der Waals surface area contributed by atoms with E-state index in [0.29, 0.717) is 17.2 Å². The number of aromatic nitrogens is 3. The van der Waals surface area contributed by atoms with Gasteiger partial charge in [-0.15, -0.1) is 0 Å². The second-order valence-electron chi connectivity index (χ2n) is 5.53. The molecule has 1 aliphatic rings. The van der Waals surface area contributed by atoms with Crippen molar-refractivity contribution in [2.24, 2.45) is 4.99 Å². The number of ether oxygens (including phenoxy) is 1. The molecule has 124 valence electrons. The van der Waals surface area contributed by atoms with Crippen LogP contribution in [0.3, 0.4) is 0 Å². The van der Waals surface area contributed by atoms with E-state index in [2.05, 4.69) is 15.1 Å². The van der Waals surface area contributed by atoms with Crippen LogP contribution in [0.5, 0.6) is 11.5 Å². The second kappa shape index (κ2) is 5.86. The van der Waals surface area contributed by atoms with E-state index in [1.165, 1.54) is 24.2 Å². The maximum Gasteiger partial charge on any atom is 0.249 e. The lowest BCUT2D eigenvalue weighted by Gasteiger charge is -2.23. The Kier molecular flexibility index (Phi) is 3.53. The average molecular weight is 334 g/mol. The summed E-state index contributed by atoms with van der Waals surface area (Å²) < 4.78 is 6.63. The summed E-state index contributed by atoms with van der Waals surface area (Å²) in [6.07, 6.45) is 1.37. The van der Waals surface area contributed by atoms with Gasteiger partial charge in [0.2, 0.25) is 11.7 Å². The Bertz CT molecular complexity index is 979. The number of aliphatic imine (C=N–C) groups is 1. The summed E-state index contributed by atoms with van der Waals surface area (Å²) in [6, 6.07) is 13.3. The third-order valence-corrected chi connectivity index (χ3v) is 4.06. The van der Waals surface area contributed by atoms with Gasteiger partial charge in [-0.2, -0.15) is 10.1 Å². The number of methoxy groups -OCH3 is 1. The van der Waals surface area contributed by atoms with Crippen molar-refractivity contribution < 1.29 is 14.6 Å². The fourth-order valence-electron chi connectivity index (χ4n) is 2.86. The van der Waals surface area contributed by atoms with E-state index in [0.717, 1.165) is 5.56 Å². The molecule has 2 aromatic carbocycles. The van der Waals surface area contributed by atoms with Crippen molar-refractivity contribution in [1.29, 1.82) is 0 Å². The fraction of sp³-hybridized carbons (Fsp3) is 0.111.